The summed E-state index contributed by atoms with van der Waals surface area (Å²) in [6.45, 7) is 0.522. The number of methoxy groups -OCH3 is 1. The van der Waals surface area contributed by atoms with Gasteiger partial charge in [0.2, 0.25) is 11.8 Å². The number of carbonyl (C=O) groups is 2. The summed E-state index contributed by atoms with van der Waals surface area (Å²) in [5.41, 5.74) is 0.320. The van der Waals surface area contributed by atoms with Crippen LogP contribution in [0.15, 0.2) is 30.7 Å². The summed E-state index contributed by atoms with van der Waals surface area (Å²) >= 11 is 0. The van der Waals surface area contributed by atoms with Crippen LogP contribution in [0.4, 0.5) is 8.78 Å². The number of pyridine rings is 1. The monoisotopic (exact) mass is 483 g/mol. The Morgan fingerprint density at radius 1 is 1.20 bits per heavy atom. The topological polar surface area (TPSA) is 126 Å². The molecular formula is C23H23F2N7O3. The molecule has 1 saturated heterocycles. The summed E-state index contributed by atoms with van der Waals surface area (Å²) in [5.74, 6) is -1.18. The zero-order chi connectivity index (χ0) is 24.6. The van der Waals surface area contributed by atoms with E-state index in [2.05, 4.69) is 30.5 Å². The van der Waals surface area contributed by atoms with E-state index in [1.807, 2.05) is 0 Å². The molecular weight excluding hydrogens is 460 g/mol. The zero-order valence-corrected chi connectivity index (χ0v) is 18.9. The lowest BCUT2D eigenvalue weighted by atomic mass is 9.88. The lowest BCUT2D eigenvalue weighted by molar-refractivity contribution is -0.127. The number of ether oxygens (including phenoxy) is 1. The Bertz CT molecular complexity index is 1260. The van der Waals surface area contributed by atoms with Crippen LogP contribution in [-0.4, -0.2) is 61.1 Å². The second-order valence-electron chi connectivity index (χ2n) is 8.78. The molecule has 5 rings (SSSR count). The van der Waals surface area contributed by atoms with Gasteiger partial charge >= 0.3 is 0 Å². The van der Waals surface area contributed by atoms with E-state index in [1.165, 1.54) is 19.2 Å². The van der Waals surface area contributed by atoms with Crippen LogP contribution in [0.5, 0.6) is 5.88 Å². The number of amides is 2. The van der Waals surface area contributed by atoms with Gasteiger partial charge in [0.05, 0.1) is 37.9 Å². The van der Waals surface area contributed by atoms with Gasteiger partial charge in [0, 0.05) is 29.6 Å². The second kappa shape index (κ2) is 9.01. The van der Waals surface area contributed by atoms with Crippen molar-refractivity contribution in [2.45, 2.75) is 37.8 Å². The van der Waals surface area contributed by atoms with Crippen LogP contribution in [0.2, 0.25) is 0 Å². The second-order valence-corrected chi connectivity index (χ2v) is 8.78. The molecule has 1 spiro atoms. The molecule has 182 valence electrons. The molecule has 1 aliphatic carbocycles. The molecule has 3 aromatic heterocycles. The molecule has 2 amide bonds. The molecule has 35 heavy (non-hydrogen) atoms. The number of aromatic nitrogens is 5. The van der Waals surface area contributed by atoms with Crippen molar-refractivity contribution in [2.75, 3.05) is 13.7 Å². The van der Waals surface area contributed by atoms with E-state index in [1.54, 1.807) is 4.90 Å². The van der Waals surface area contributed by atoms with Gasteiger partial charge < -0.3 is 15.0 Å². The molecule has 0 unspecified atom stereocenters. The number of rotatable bonds is 6. The third kappa shape index (κ3) is 4.55. The average molecular weight is 483 g/mol. The Kier molecular flexibility index (Phi) is 5.87. The van der Waals surface area contributed by atoms with E-state index in [4.69, 9.17) is 4.74 Å². The number of carbonyl (C=O) groups excluding carboxylic acids is 2. The van der Waals surface area contributed by atoms with Crippen LogP contribution in [0.1, 0.15) is 42.0 Å². The summed E-state index contributed by atoms with van der Waals surface area (Å²) in [7, 11) is 1.43. The van der Waals surface area contributed by atoms with E-state index in [0.29, 0.717) is 25.2 Å². The van der Waals surface area contributed by atoms with Gasteiger partial charge in [0.25, 0.3) is 5.91 Å². The highest BCUT2D eigenvalue weighted by Crippen LogP contribution is 2.50. The zero-order valence-electron chi connectivity index (χ0n) is 18.9. The minimum Gasteiger partial charge on any atom is -0.481 e. The normalized spacial score (nSPS) is 18.4. The van der Waals surface area contributed by atoms with Crippen molar-refractivity contribution in [3.63, 3.8) is 0 Å². The first kappa shape index (κ1) is 22.8. The van der Waals surface area contributed by atoms with Crippen LogP contribution in [0.25, 0.3) is 11.3 Å². The first-order valence-corrected chi connectivity index (χ1v) is 11.2. The SMILES string of the molecule is COc1cc(-c2cc(C(=O)N3CC[C@H](C(=O)NCc4ncc(F)cn4)CC34CC4)[nH]n2)c(F)cn1. The highest BCUT2D eigenvalue weighted by atomic mass is 19.1. The third-order valence-electron chi connectivity index (χ3n) is 6.56. The molecule has 0 bridgehead atoms. The number of likely N-dealkylation sites (tertiary alicyclic amines) is 1. The van der Waals surface area contributed by atoms with Gasteiger partial charge in [-0.25, -0.2) is 23.7 Å². The Balaban J connectivity index is 1.24. The average Bonchev–Trinajstić information content (AvgIpc) is 3.44. The minimum absolute atomic E-state index is 0.110. The largest absolute Gasteiger partial charge is 0.481 e. The maximum atomic E-state index is 14.3. The fraction of sp³-hybridized carbons (Fsp3) is 0.391. The van der Waals surface area contributed by atoms with Crippen molar-refractivity contribution in [1.82, 2.24) is 35.4 Å². The fourth-order valence-electron chi connectivity index (χ4n) is 4.54. The third-order valence-corrected chi connectivity index (χ3v) is 6.56. The van der Waals surface area contributed by atoms with Crippen molar-refractivity contribution in [3.8, 4) is 17.1 Å². The first-order chi connectivity index (χ1) is 16.9. The Labute approximate surface area is 199 Å². The number of aromatic amines is 1. The van der Waals surface area contributed by atoms with Crippen molar-refractivity contribution < 1.29 is 23.1 Å². The van der Waals surface area contributed by atoms with Crippen LogP contribution < -0.4 is 10.1 Å². The summed E-state index contributed by atoms with van der Waals surface area (Å²) in [6.07, 6.45) is 5.81. The molecule has 10 nitrogen and oxygen atoms in total. The lowest BCUT2D eigenvalue weighted by Gasteiger charge is -2.39. The van der Waals surface area contributed by atoms with E-state index in [-0.39, 0.29) is 52.6 Å². The van der Waals surface area contributed by atoms with Gasteiger partial charge in [-0.3, -0.25) is 14.7 Å². The van der Waals surface area contributed by atoms with Gasteiger partial charge in [-0.1, -0.05) is 0 Å². The van der Waals surface area contributed by atoms with Crippen molar-refractivity contribution in [3.05, 3.63) is 53.9 Å². The van der Waals surface area contributed by atoms with Gasteiger partial charge in [-0.2, -0.15) is 5.10 Å². The first-order valence-electron chi connectivity index (χ1n) is 11.2. The molecule has 2 aliphatic rings. The highest BCUT2D eigenvalue weighted by Gasteiger charge is 2.54. The molecule has 0 radical (unpaired) electrons. The molecule has 4 heterocycles. The Morgan fingerprint density at radius 2 is 1.97 bits per heavy atom. The highest BCUT2D eigenvalue weighted by molar-refractivity contribution is 5.94. The van der Waals surface area contributed by atoms with Gasteiger partial charge in [0.15, 0.2) is 11.6 Å². The summed E-state index contributed by atoms with van der Waals surface area (Å²) in [5, 5.41) is 9.64. The number of halogens is 2. The quantitative estimate of drug-likeness (QED) is 0.551. The Hall–Kier alpha value is -3.96. The number of piperidine rings is 1. The molecule has 1 aliphatic heterocycles. The predicted octanol–water partition coefficient (Wildman–Crippen LogP) is 2.25. The van der Waals surface area contributed by atoms with E-state index in [9.17, 15) is 18.4 Å². The fourth-order valence-corrected chi connectivity index (χ4v) is 4.54. The molecule has 2 fully saturated rings. The van der Waals surface area contributed by atoms with Crippen LogP contribution in [0, 0.1) is 17.6 Å². The molecule has 0 aromatic carbocycles. The standard InChI is InChI=1S/C23H23F2N7O3/c1-35-20-6-15(16(25)11-28-20)17-7-18(31-30-17)22(34)32-5-2-13(8-23(32)3-4-23)21(33)29-12-19-26-9-14(24)10-27-19/h6-7,9-11,13H,2-5,8,12H2,1H3,(H,29,33)(H,30,31)/t13-/m0/s1. The summed E-state index contributed by atoms with van der Waals surface area (Å²) in [6, 6.07) is 2.93. The minimum atomic E-state index is -0.576. The number of hydrogen-bond acceptors (Lipinski definition) is 7. The van der Waals surface area contributed by atoms with E-state index >= 15 is 0 Å². The lowest BCUT2D eigenvalue weighted by Crippen LogP contribution is -2.50. The van der Waals surface area contributed by atoms with Crippen molar-refractivity contribution in [2.24, 2.45) is 5.92 Å². The van der Waals surface area contributed by atoms with Gasteiger partial charge in [0.1, 0.15) is 11.5 Å². The Morgan fingerprint density at radius 3 is 2.69 bits per heavy atom. The van der Waals surface area contributed by atoms with E-state index in [0.717, 1.165) is 31.4 Å². The van der Waals surface area contributed by atoms with Gasteiger partial charge in [-0.05, 0) is 31.7 Å². The number of hydrogen-bond donors (Lipinski definition) is 2. The summed E-state index contributed by atoms with van der Waals surface area (Å²) < 4.78 is 32.3. The van der Waals surface area contributed by atoms with Crippen LogP contribution in [-0.2, 0) is 11.3 Å². The van der Waals surface area contributed by atoms with Crippen LogP contribution >= 0.6 is 0 Å². The van der Waals surface area contributed by atoms with Crippen LogP contribution in [0.3, 0.4) is 0 Å². The molecule has 1 atom stereocenters. The number of nitrogens with one attached hydrogen (secondary N) is 2. The number of H-pyrrole nitrogens is 1. The van der Waals surface area contributed by atoms with E-state index < -0.39 is 11.6 Å². The molecule has 3 aromatic rings. The molecule has 2 N–H and O–H groups in total. The van der Waals surface area contributed by atoms with Gasteiger partial charge in [-0.15, -0.1) is 0 Å². The maximum absolute atomic E-state index is 14.3. The smallest absolute Gasteiger partial charge is 0.272 e. The molecule has 1 saturated carbocycles. The van der Waals surface area contributed by atoms with Crippen molar-refractivity contribution in [1.29, 1.82) is 0 Å². The maximum Gasteiger partial charge on any atom is 0.272 e. The van der Waals surface area contributed by atoms with Crippen molar-refractivity contribution >= 4 is 11.8 Å². The molecule has 12 heteroatoms. The predicted molar refractivity (Wildman–Crippen MR) is 118 cm³/mol. The number of nitrogens with zero attached hydrogens (tertiary/aromatic N) is 5. The summed E-state index contributed by atoms with van der Waals surface area (Å²) in [4.78, 5) is 39.3.